The highest BCUT2D eigenvalue weighted by atomic mass is 16.2. The summed E-state index contributed by atoms with van der Waals surface area (Å²) in [6, 6.07) is 1.37. The van der Waals surface area contributed by atoms with Gasteiger partial charge in [-0.3, -0.25) is 4.79 Å². The van der Waals surface area contributed by atoms with E-state index in [-0.39, 0.29) is 5.92 Å². The minimum atomic E-state index is 0.237. The van der Waals surface area contributed by atoms with Crippen LogP contribution in [0.4, 0.5) is 0 Å². The standard InChI is InChI=1S/C15H28N2O/c1-4-10(2)17-15(18)13-9-11(3)16-14-8-6-5-7-12(13)14/h10-14,16H,4-9H2,1-3H3,(H,17,18)/t10-,11+,12-,13+,14+/m0/s1. The molecule has 3 heteroatoms. The fourth-order valence-corrected chi connectivity index (χ4v) is 3.59. The van der Waals surface area contributed by atoms with Crippen molar-refractivity contribution < 1.29 is 4.79 Å². The van der Waals surface area contributed by atoms with Crippen molar-refractivity contribution in [3.05, 3.63) is 0 Å². The maximum absolute atomic E-state index is 12.4. The van der Waals surface area contributed by atoms with Crippen LogP contribution in [0.15, 0.2) is 0 Å². The molecule has 0 bridgehead atoms. The van der Waals surface area contributed by atoms with Crippen LogP contribution in [-0.2, 0) is 4.79 Å². The Kier molecular flexibility index (Phi) is 4.66. The largest absolute Gasteiger partial charge is 0.353 e. The molecule has 0 aromatic carbocycles. The predicted octanol–water partition coefficient (Wildman–Crippen LogP) is 2.46. The number of piperidine rings is 1. The Hall–Kier alpha value is -0.570. The molecule has 2 fully saturated rings. The third-order valence-corrected chi connectivity index (χ3v) is 4.78. The summed E-state index contributed by atoms with van der Waals surface area (Å²) in [6.45, 7) is 6.44. The number of nitrogens with one attached hydrogen (secondary N) is 2. The van der Waals surface area contributed by atoms with E-state index in [1.54, 1.807) is 0 Å². The van der Waals surface area contributed by atoms with Gasteiger partial charge in [-0.2, -0.15) is 0 Å². The molecule has 3 nitrogen and oxygen atoms in total. The van der Waals surface area contributed by atoms with Crippen LogP contribution in [0, 0.1) is 11.8 Å². The molecule has 0 radical (unpaired) electrons. The summed E-state index contributed by atoms with van der Waals surface area (Å²) in [4.78, 5) is 12.4. The van der Waals surface area contributed by atoms with Crippen LogP contribution in [0.1, 0.15) is 59.3 Å². The summed E-state index contributed by atoms with van der Waals surface area (Å²) in [5.74, 6) is 1.11. The fraction of sp³-hybridized carbons (Fsp3) is 0.933. The van der Waals surface area contributed by atoms with Crippen LogP contribution in [-0.4, -0.2) is 24.0 Å². The van der Waals surface area contributed by atoms with Gasteiger partial charge < -0.3 is 10.6 Å². The Labute approximate surface area is 111 Å². The number of rotatable bonds is 3. The molecule has 1 saturated carbocycles. The average molecular weight is 252 g/mol. The van der Waals surface area contributed by atoms with E-state index in [0.29, 0.717) is 30.0 Å². The van der Waals surface area contributed by atoms with Crippen molar-refractivity contribution in [2.45, 2.75) is 77.4 Å². The molecule has 0 aromatic heterocycles. The molecular formula is C15H28N2O. The quantitative estimate of drug-likeness (QED) is 0.810. The lowest BCUT2D eigenvalue weighted by Gasteiger charge is -2.44. The second kappa shape index (κ2) is 6.05. The predicted molar refractivity (Wildman–Crippen MR) is 74.3 cm³/mol. The Morgan fingerprint density at radius 3 is 2.83 bits per heavy atom. The molecule has 1 amide bonds. The molecule has 1 aliphatic heterocycles. The van der Waals surface area contributed by atoms with Gasteiger partial charge in [-0.1, -0.05) is 19.8 Å². The Morgan fingerprint density at radius 1 is 1.39 bits per heavy atom. The first-order chi connectivity index (χ1) is 8.61. The first-order valence-electron chi connectivity index (χ1n) is 7.68. The molecule has 1 aliphatic carbocycles. The van der Waals surface area contributed by atoms with Crippen molar-refractivity contribution >= 4 is 5.91 Å². The molecule has 1 saturated heterocycles. The van der Waals surface area contributed by atoms with Gasteiger partial charge in [0, 0.05) is 24.0 Å². The SMILES string of the molecule is CC[C@H](C)NC(=O)[C@@H]1C[C@@H](C)N[C@@H]2CCCC[C@H]21. The van der Waals surface area contributed by atoms with Gasteiger partial charge in [0.1, 0.15) is 0 Å². The smallest absolute Gasteiger partial charge is 0.223 e. The highest BCUT2D eigenvalue weighted by Gasteiger charge is 2.40. The van der Waals surface area contributed by atoms with Gasteiger partial charge >= 0.3 is 0 Å². The number of hydrogen-bond donors (Lipinski definition) is 2. The van der Waals surface area contributed by atoms with E-state index in [9.17, 15) is 4.79 Å². The van der Waals surface area contributed by atoms with Crippen LogP contribution in [0.3, 0.4) is 0 Å². The van der Waals surface area contributed by atoms with Crippen molar-refractivity contribution in [3.8, 4) is 0 Å². The zero-order valence-corrected chi connectivity index (χ0v) is 12.0. The van der Waals surface area contributed by atoms with Gasteiger partial charge in [0.05, 0.1) is 0 Å². The second-order valence-corrected chi connectivity index (χ2v) is 6.28. The van der Waals surface area contributed by atoms with Crippen LogP contribution < -0.4 is 10.6 Å². The second-order valence-electron chi connectivity index (χ2n) is 6.28. The van der Waals surface area contributed by atoms with Crippen LogP contribution in [0.5, 0.6) is 0 Å². The Morgan fingerprint density at radius 2 is 2.11 bits per heavy atom. The van der Waals surface area contributed by atoms with E-state index in [1.807, 2.05) is 0 Å². The van der Waals surface area contributed by atoms with Gasteiger partial charge in [-0.05, 0) is 45.4 Å². The molecule has 2 aliphatic rings. The lowest BCUT2D eigenvalue weighted by Crippen LogP contribution is -2.55. The minimum absolute atomic E-state index is 0.237. The molecule has 18 heavy (non-hydrogen) atoms. The van der Waals surface area contributed by atoms with E-state index < -0.39 is 0 Å². The monoisotopic (exact) mass is 252 g/mol. The third-order valence-electron chi connectivity index (χ3n) is 4.78. The maximum atomic E-state index is 12.4. The third kappa shape index (κ3) is 3.05. The van der Waals surface area contributed by atoms with E-state index in [1.165, 1.54) is 25.7 Å². The summed E-state index contributed by atoms with van der Waals surface area (Å²) in [7, 11) is 0. The highest BCUT2D eigenvalue weighted by molar-refractivity contribution is 5.79. The number of fused-ring (bicyclic) bond motifs is 1. The summed E-state index contributed by atoms with van der Waals surface area (Å²) in [5, 5.41) is 6.88. The molecule has 0 aromatic rings. The number of hydrogen-bond acceptors (Lipinski definition) is 2. The van der Waals surface area contributed by atoms with Gasteiger partial charge in [0.15, 0.2) is 0 Å². The Balaban J connectivity index is 2.01. The average Bonchev–Trinajstić information content (AvgIpc) is 2.37. The molecule has 1 heterocycles. The van der Waals surface area contributed by atoms with Gasteiger partial charge in [0.25, 0.3) is 0 Å². The molecular weight excluding hydrogens is 224 g/mol. The Bertz CT molecular complexity index is 292. The zero-order chi connectivity index (χ0) is 13.1. The van der Waals surface area contributed by atoms with Crippen LogP contribution in [0.2, 0.25) is 0 Å². The van der Waals surface area contributed by atoms with E-state index in [4.69, 9.17) is 0 Å². The van der Waals surface area contributed by atoms with Gasteiger partial charge in [-0.15, -0.1) is 0 Å². The lowest BCUT2D eigenvalue weighted by molar-refractivity contribution is -0.130. The van der Waals surface area contributed by atoms with E-state index in [0.717, 1.165) is 12.8 Å². The zero-order valence-electron chi connectivity index (χ0n) is 12.0. The normalized spacial score (nSPS) is 37.7. The van der Waals surface area contributed by atoms with Crippen molar-refractivity contribution in [2.24, 2.45) is 11.8 Å². The summed E-state index contributed by atoms with van der Waals surface area (Å²) in [6.07, 6.45) is 7.11. The lowest BCUT2D eigenvalue weighted by atomic mass is 9.71. The fourth-order valence-electron chi connectivity index (χ4n) is 3.59. The molecule has 5 atom stereocenters. The summed E-state index contributed by atoms with van der Waals surface area (Å²) in [5.41, 5.74) is 0. The van der Waals surface area contributed by atoms with Gasteiger partial charge in [0.2, 0.25) is 5.91 Å². The molecule has 2 N–H and O–H groups in total. The molecule has 0 unspecified atom stereocenters. The van der Waals surface area contributed by atoms with Crippen LogP contribution >= 0.6 is 0 Å². The molecule has 2 rings (SSSR count). The molecule has 104 valence electrons. The maximum Gasteiger partial charge on any atom is 0.223 e. The topological polar surface area (TPSA) is 41.1 Å². The van der Waals surface area contributed by atoms with Crippen molar-refractivity contribution in [2.75, 3.05) is 0 Å². The molecule has 0 spiro atoms. The van der Waals surface area contributed by atoms with E-state index in [2.05, 4.69) is 31.4 Å². The summed E-state index contributed by atoms with van der Waals surface area (Å²) < 4.78 is 0. The van der Waals surface area contributed by atoms with Crippen LogP contribution in [0.25, 0.3) is 0 Å². The number of carbonyl (C=O) groups is 1. The van der Waals surface area contributed by atoms with Crippen molar-refractivity contribution in [3.63, 3.8) is 0 Å². The first kappa shape index (κ1) is 13.9. The van der Waals surface area contributed by atoms with E-state index >= 15 is 0 Å². The van der Waals surface area contributed by atoms with Crippen molar-refractivity contribution in [1.29, 1.82) is 0 Å². The van der Waals surface area contributed by atoms with Gasteiger partial charge in [-0.25, -0.2) is 0 Å². The minimum Gasteiger partial charge on any atom is -0.353 e. The number of carbonyl (C=O) groups excluding carboxylic acids is 1. The highest BCUT2D eigenvalue weighted by Crippen LogP contribution is 2.36. The number of amides is 1. The van der Waals surface area contributed by atoms with Crippen molar-refractivity contribution in [1.82, 2.24) is 10.6 Å². The summed E-state index contributed by atoms with van der Waals surface area (Å²) >= 11 is 0. The first-order valence-corrected chi connectivity index (χ1v) is 7.68.